The SMILES string of the molecule is CC(C)NC(=O)NC(=O)[C@H](C)OC(=O)c1ccc(C2CCCCC2)cc1. The largest absolute Gasteiger partial charge is 0.449 e. The Morgan fingerprint density at radius 1 is 1.00 bits per heavy atom. The van der Waals surface area contributed by atoms with Gasteiger partial charge in [0.15, 0.2) is 6.10 Å². The normalized spacial score (nSPS) is 16.0. The molecule has 6 heteroatoms. The van der Waals surface area contributed by atoms with E-state index in [9.17, 15) is 14.4 Å². The zero-order chi connectivity index (χ0) is 19.1. The molecule has 0 heterocycles. The summed E-state index contributed by atoms with van der Waals surface area (Å²) in [7, 11) is 0. The minimum atomic E-state index is -1.06. The average Bonchev–Trinajstić information content (AvgIpc) is 2.61. The summed E-state index contributed by atoms with van der Waals surface area (Å²) in [6.07, 6.45) is 5.14. The molecule has 0 spiro atoms. The molecule has 6 nitrogen and oxygen atoms in total. The van der Waals surface area contributed by atoms with Gasteiger partial charge in [0.1, 0.15) is 0 Å². The van der Waals surface area contributed by atoms with Gasteiger partial charge in [0, 0.05) is 6.04 Å². The summed E-state index contributed by atoms with van der Waals surface area (Å²) in [5.41, 5.74) is 1.65. The number of hydrogen-bond donors (Lipinski definition) is 2. The van der Waals surface area contributed by atoms with E-state index in [1.807, 2.05) is 12.1 Å². The molecule has 2 N–H and O–H groups in total. The zero-order valence-corrected chi connectivity index (χ0v) is 15.7. The predicted molar refractivity (Wildman–Crippen MR) is 99.0 cm³/mol. The molecule has 0 radical (unpaired) electrons. The standard InChI is InChI=1S/C20H28N2O4/c1-13(2)21-20(25)22-18(23)14(3)26-19(24)17-11-9-16(10-12-17)15-7-5-4-6-8-15/h9-15H,4-8H2,1-3H3,(H2,21,22,23,25)/t14-/m0/s1. The van der Waals surface area contributed by atoms with Crippen LogP contribution >= 0.6 is 0 Å². The summed E-state index contributed by atoms with van der Waals surface area (Å²) in [5, 5.41) is 4.69. The van der Waals surface area contributed by atoms with Crippen LogP contribution in [0.25, 0.3) is 0 Å². The van der Waals surface area contributed by atoms with Crippen LogP contribution in [0.2, 0.25) is 0 Å². The van der Waals surface area contributed by atoms with Crippen molar-refractivity contribution < 1.29 is 19.1 Å². The molecule has 1 saturated carbocycles. The van der Waals surface area contributed by atoms with Crippen molar-refractivity contribution in [2.45, 2.75) is 70.9 Å². The van der Waals surface area contributed by atoms with Crippen molar-refractivity contribution in [2.24, 2.45) is 0 Å². The minimum absolute atomic E-state index is 0.0941. The fraction of sp³-hybridized carbons (Fsp3) is 0.550. The minimum Gasteiger partial charge on any atom is -0.449 e. The highest BCUT2D eigenvalue weighted by atomic mass is 16.5. The Balaban J connectivity index is 1.88. The number of esters is 1. The monoisotopic (exact) mass is 360 g/mol. The lowest BCUT2D eigenvalue weighted by Crippen LogP contribution is -2.46. The molecule has 142 valence electrons. The molecule has 3 amide bonds. The smallest absolute Gasteiger partial charge is 0.338 e. The summed E-state index contributed by atoms with van der Waals surface area (Å²) in [6.45, 7) is 5.00. The van der Waals surface area contributed by atoms with Crippen LogP contribution in [-0.4, -0.2) is 30.1 Å². The first-order chi connectivity index (χ1) is 12.4. The van der Waals surface area contributed by atoms with Gasteiger partial charge in [-0.2, -0.15) is 0 Å². The van der Waals surface area contributed by atoms with Crippen LogP contribution in [0, 0.1) is 0 Å². The number of carbonyl (C=O) groups is 3. The zero-order valence-electron chi connectivity index (χ0n) is 15.7. The maximum atomic E-state index is 12.2. The van der Waals surface area contributed by atoms with Gasteiger partial charge in [-0.25, -0.2) is 9.59 Å². The summed E-state index contributed by atoms with van der Waals surface area (Å²) >= 11 is 0. The molecule has 26 heavy (non-hydrogen) atoms. The second-order valence-corrected chi connectivity index (χ2v) is 7.12. The fourth-order valence-electron chi connectivity index (χ4n) is 3.12. The van der Waals surface area contributed by atoms with E-state index in [1.165, 1.54) is 44.6 Å². The Morgan fingerprint density at radius 2 is 1.62 bits per heavy atom. The van der Waals surface area contributed by atoms with Gasteiger partial charge >= 0.3 is 12.0 Å². The molecule has 1 aromatic carbocycles. The van der Waals surface area contributed by atoms with Gasteiger partial charge < -0.3 is 10.1 Å². The number of nitrogens with one attached hydrogen (secondary N) is 2. The van der Waals surface area contributed by atoms with Gasteiger partial charge in [-0.15, -0.1) is 0 Å². The topological polar surface area (TPSA) is 84.5 Å². The number of rotatable bonds is 5. The van der Waals surface area contributed by atoms with Crippen molar-refractivity contribution in [3.8, 4) is 0 Å². The van der Waals surface area contributed by atoms with Crippen LogP contribution in [0.5, 0.6) is 0 Å². The average molecular weight is 360 g/mol. The van der Waals surface area contributed by atoms with E-state index in [2.05, 4.69) is 10.6 Å². The van der Waals surface area contributed by atoms with Gasteiger partial charge in [-0.05, 0) is 57.2 Å². The highest BCUT2D eigenvalue weighted by Gasteiger charge is 2.21. The Bertz CT molecular complexity index is 634. The third kappa shape index (κ3) is 5.86. The molecule has 0 bridgehead atoms. The Labute approximate surface area is 154 Å². The van der Waals surface area contributed by atoms with E-state index < -0.39 is 24.0 Å². The molecular weight excluding hydrogens is 332 g/mol. The number of carbonyl (C=O) groups excluding carboxylic acids is 3. The third-order valence-corrected chi connectivity index (χ3v) is 4.53. The van der Waals surface area contributed by atoms with Gasteiger partial charge in [0.25, 0.3) is 5.91 Å². The Morgan fingerprint density at radius 3 is 2.19 bits per heavy atom. The van der Waals surface area contributed by atoms with E-state index in [1.54, 1.807) is 26.0 Å². The van der Waals surface area contributed by atoms with Crippen molar-refractivity contribution in [3.63, 3.8) is 0 Å². The molecular formula is C20H28N2O4. The first kappa shape index (κ1) is 19.9. The van der Waals surface area contributed by atoms with E-state index in [0.29, 0.717) is 11.5 Å². The Hall–Kier alpha value is -2.37. The van der Waals surface area contributed by atoms with Gasteiger partial charge in [0.05, 0.1) is 5.56 Å². The molecule has 1 fully saturated rings. The molecule has 1 aliphatic rings. The first-order valence-electron chi connectivity index (χ1n) is 9.29. The number of benzene rings is 1. The molecule has 0 saturated heterocycles. The molecule has 1 aliphatic carbocycles. The third-order valence-electron chi connectivity index (χ3n) is 4.53. The lowest BCUT2D eigenvalue weighted by molar-refractivity contribution is -0.127. The number of amides is 3. The molecule has 0 aromatic heterocycles. The lowest BCUT2D eigenvalue weighted by Gasteiger charge is -2.22. The first-order valence-corrected chi connectivity index (χ1v) is 9.29. The maximum absolute atomic E-state index is 12.2. The van der Waals surface area contributed by atoms with Crippen LogP contribution in [-0.2, 0) is 9.53 Å². The Kier molecular flexibility index (Phi) is 7.18. The van der Waals surface area contributed by atoms with Crippen LogP contribution in [0.3, 0.4) is 0 Å². The van der Waals surface area contributed by atoms with Crippen molar-refractivity contribution in [1.82, 2.24) is 10.6 Å². The van der Waals surface area contributed by atoms with Crippen molar-refractivity contribution in [2.75, 3.05) is 0 Å². The summed E-state index contributed by atoms with van der Waals surface area (Å²) in [6, 6.07) is 6.71. The van der Waals surface area contributed by atoms with Gasteiger partial charge in [0.2, 0.25) is 0 Å². The highest BCUT2D eigenvalue weighted by Crippen LogP contribution is 2.32. The fourth-order valence-corrected chi connectivity index (χ4v) is 3.12. The number of hydrogen-bond acceptors (Lipinski definition) is 4. The summed E-state index contributed by atoms with van der Waals surface area (Å²) in [4.78, 5) is 35.6. The van der Waals surface area contributed by atoms with Crippen molar-refractivity contribution >= 4 is 17.9 Å². The van der Waals surface area contributed by atoms with E-state index in [0.717, 1.165) is 0 Å². The van der Waals surface area contributed by atoms with Crippen LogP contribution < -0.4 is 10.6 Å². The quantitative estimate of drug-likeness (QED) is 0.787. The van der Waals surface area contributed by atoms with Crippen molar-refractivity contribution in [3.05, 3.63) is 35.4 Å². The van der Waals surface area contributed by atoms with Gasteiger partial charge in [-0.1, -0.05) is 31.4 Å². The highest BCUT2D eigenvalue weighted by molar-refractivity contribution is 5.98. The molecule has 1 atom stereocenters. The maximum Gasteiger partial charge on any atom is 0.338 e. The number of ether oxygens (including phenoxy) is 1. The molecule has 0 aliphatic heterocycles. The van der Waals surface area contributed by atoms with Crippen molar-refractivity contribution in [1.29, 1.82) is 0 Å². The molecule has 2 rings (SSSR count). The second-order valence-electron chi connectivity index (χ2n) is 7.12. The van der Waals surface area contributed by atoms with Crippen LogP contribution in [0.15, 0.2) is 24.3 Å². The second kappa shape index (κ2) is 9.36. The predicted octanol–water partition coefficient (Wildman–Crippen LogP) is 3.51. The number of urea groups is 1. The van der Waals surface area contributed by atoms with E-state index >= 15 is 0 Å². The van der Waals surface area contributed by atoms with Crippen LogP contribution in [0.4, 0.5) is 4.79 Å². The van der Waals surface area contributed by atoms with E-state index in [4.69, 9.17) is 4.74 Å². The van der Waals surface area contributed by atoms with Crippen LogP contribution in [0.1, 0.15) is 74.7 Å². The lowest BCUT2D eigenvalue weighted by atomic mass is 9.84. The summed E-state index contributed by atoms with van der Waals surface area (Å²) in [5.74, 6) is -0.666. The molecule has 0 unspecified atom stereocenters. The number of imide groups is 1. The summed E-state index contributed by atoms with van der Waals surface area (Å²) < 4.78 is 5.16. The van der Waals surface area contributed by atoms with Gasteiger partial charge in [-0.3, -0.25) is 10.1 Å². The molecule has 1 aromatic rings. The van der Waals surface area contributed by atoms with E-state index in [-0.39, 0.29) is 6.04 Å².